The zero-order chi connectivity index (χ0) is 18.8. The summed E-state index contributed by atoms with van der Waals surface area (Å²) in [7, 11) is 0. The predicted octanol–water partition coefficient (Wildman–Crippen LogP) is 7.61. The van der Waals surface area contributed by atoms with Gasteiger partial charge >= 0.3 is 0 Å². The molecule has 0 saturated carbocycles. The van der Waals surface area contributed by atoms with E-state index in [0.717, 1.165) is 0 Å². The summed E-state index contributed by atoms with van der Waals surface area (Å²) in [6.45, 7) is 6.44. The lowest BCUT2D eigenvalue weighted by Gasteiger charge is -2.10. The van der Waals surface area contributed by atoms with Crippen LogP contribution < -0.4 is 0 Å². The standard InChI is InChI=1S/C27H24/c1-19-10-12-22(13-11-19)23-6-4-7-24(17-23)25-8-5-9-26(18-25)27-15-20(2)14-21(3)16-27/h4-18H,1-3H3. The second-order valence-corrected chi connectivity index (χ2v) is 7.40. The monoisotopic (exact) mass is 348 g/mol. The van der Waals surface area contributed by atoms with Crippen molar-refractivity contribution in [2.75, 3.05) is 0 Å². The Morgan fingerprint density at radius 1 is 0.333 bits per heavy atom. The Hall–Kier alpha value is -3.12. The van der Waals surface area contributed by atoms with Crippen LogP contribution in [0.15, 0.2) is 91.0 Å². The minimum atomic E-state index is 1.25. The Bertz CT molecular complexity index is 1060. The predicted molar refractivity (Wildman–Crippen MR) is 117 cm³/mol. The Kier molecular flexibility index (Phi) is 4.64. The van der Waals surface area contributed by atoms with E-state index in [1.165, 1.54) is 50.1 Å². The van der Waals surface area contributed by atoms with Crippen LogP contribution in [0.1, 0.15) is 16.7 Å². The van der Waals surface area contributed by atoms with E-state index in [-0.39, 0.29) is 0 Å². The van der Waals surface area contributed by atoms with E-state index in [2.05, 4.69) is 112 Å². The smallest absolute Gasteiger partial charge is 0.0178 e. The zero-order valence-electron chi connectivity index (χ0n) is 16.2. The van der Waals surface area contributed by atoms with Crippen molar-refractivity contribution in [2.45, 2.75) is 20.8 Å². The molecular formula is C27H24. The third kappa shape index (κ3) is 3.85. The lowest BCUT2D eigenvalue weighted by atomic mass is 9.95. The van der Waals surface area contributed by atoms with E-state index >= 15 is 0 Å². The molecule has 0 aliphatic heterocycles. The van der Waals surface area contributed by atoms with E-state index in [0.29, 0.717) is 0 Å². The molecule has 0 heterocycles. The number of rotatable bonds is 3. The van der Waals surface area contributed by atoms with Gasteiger partial charge in [0.25, 0.3) is 0 Å². The number of hydrogen-bond donors (Lipinski definition) is 0. The highest BCUT2D eigenvalue weighted by molar-refractivity contribution is 5.77. The summed E-state index contributed by atoms with van der Waals surface area (Å²) in [4.78, 5) is 0. The molecule has 0 aromatic heterocycles. The van der Waals surface area contributed by atoms with Gasteiger partial charge in [-0.3, -0.25) is 0 Å². The van der Waals surface area contributed by atoms with Crippen molar-refractivity contribution in [2.24, 2.45) is 0 Å². The first kappa shape index (κ1) is 17.3. The SMILES string of the molecule is Cc1ccc(-c2cccc(-c3cccc(-c4cc(C)cc(C)c4)c3)c2)cc1. The van der Waals surface area contributed by atoms with Crippen LogP contribution in [0.25, 0.3) is 33.4 Å². The molecule has 0 unspecified atom stereocenters. The van der Waals surface area contributed by atoms with Crippen molar-refractivity contribution in [1.82, 2.24) is 0 Å². The Labute approximate surface area is 162 Å². The first-order chi connectivity index (χ1) is 13.1. The Morgan fingerprint density at radius 2 is 0.778 bits per heavy atom. The first-order valence-electron chi connectivity index (χ1n) is 9.45. The maximum absolute atomic E-state index is 2.29. The summed E-state index contributed by atoms with van der Waals surface area (Å²) >= 11 is 0. The second-order valence-electron chi connectivity index (χ2n) is 7.40. The first-order valence-corrected chi connectivity index (χ1v) is 9.45. The highest BCUT2D eigenvalue weighted by atomic mass is 14.1. The van der Waals surface area contributed by atoms with Gasteiger partial charge in [-0.05, 0) is 66.3 Å². The number of hydrogen-bond acceptors (Lipinski definition) is 0. The Morgan fingerprint density at radius 3 is 1.30 bits per heavy atom. The van der Waals surface area contributed by atoms with E-state index in [4.69, 9.17) is 0 Å². The van der Waals surface area contributed by atoms with Crippen LogP contribution in [0.2, 0.25) is 0 Å². The van der Waals surface area contributed by atoms with Crippen LogP contribution in [-0.2, 0) is 0 Å². The van der Waals surface area contributed by atoms with Gasteiger partial charge in [0, 0.05) is 0 Å². The van der Waals surface area contributed by atoms with Gasteiger partial charge in [-0.25, -0.2) is 0 Å². The molecule has 0 amide bonds. The van der Waals surface area contributed by atoms with Gasteiger partial charge in [-0.15, -0.1) is 0 Å². The average Bonchev–Trinajstić information content (AvgIpc) is 2.68. The van der Waals surface area contributed by atoms with E-state index in [1.807, 2.05) is 0 Å². The van der Waals surface area contributed by atoms with Crippen molar-refractivity contribution >= 4 is 0 Å². The van der Waals surface area contributed by atoms with Crippen LogP contribution in [0.3, 0.4) is 0 Å². The number of aryl methyl sites for hydroxylation is 3. The number of benzene rings is 4. The average molecular weight is 348 g/mol. The fourth-order valence-corrected chi connectivity index (χ4v) is 3.64. The van der Waals surface area contributed by atoms with Crippen molar-refractivity contribution < 1.29 is 0 Å². The molecule has 27 heavy (non-hydrogen) atoms. The maximum Gasteiger partial charge on any atom is -0.0178 e. The van der Waals surface area contributed by atoms with Gasteiger partial charge in [-0.2, -0.15) is 0 Å². The topological polar surface area (TPSA) is 0 Å². The zero-order valence-corrected chi connectivity index (χ0v) is 16.2. The van der Waals surface area contributed by atoms with Crippen LogP contribution in [0.5, 0.6) is 0 Å². The van der Waals surface area contributed by atoms with Gasteiger partial charge in [0.05, 0.1) is 0 Å². The van der Waals surface area contributed by atoms with Gasteiger partial charge in [0.1, 0.15) is 0 Å². The van der Waals surface area contributed by atoms with Crippen LogP contribution in [0, 0.1) is 20.8 Å². The molecule has 0 fully saturated rings. The maximum atomic E-state index is 2.29. The minimum absolute atomic E-state index is 1.25. The summed E-state index contributed by atoms with van der Waals surface area (Å²) < 4.78 is 0. The summed E-state index contributed by atoms with van der Waals surface area (Å²) in [5, 5.41) is 0. The van der Waals surface area contributed by atoms with Crippen LogP contribution in [0.4, 0.5) is 0 Å². The van der Waals surface area contributed by atoms with Crippen LogP contribution >= 0.6 is 0 Å². The van der Waals surface area contributed by atoms with E-state index in [1.54, 1.807) is 0 Å². The third-order valence-corrected chi connectivity index (χ3v) is 5.00. The highest BCUT2D eigenvalue weighted by Crippen LogP contribution is 2.30. The van der Waals surface area contributed by atoms with Gasteiger partial charge in [-0.1, -0.05) is 95.6 Å². The molecule has 0 aliphatic rings. The molecule has 0 N–H and O–H groups in total. The van der Waals surface area contributed by atoms with Gasteiger partial charge in [0.15, 0.2) is 0 Å². The van der Waals surface area contributed by atoms with Crippen molar-refractivity contribution in [3.05, 3.63) is 108 Å². The molecule has 4 rings (SSSR count). The fourth-order valence-electron chi connectivity index (χ4n) is 3.64. The van der Waals surface area contributed by atoms with E-state index in [9.17, 15) is 0 Å². The summed E-state index contributed by atoms with van der Waals surface area (Å²) in [5.41, 5.74) is 11.4. The molecule has 0 heteroatoms. The second kappa shape index (κ2) is 7.25. The molecule has 0 atom stereocenters. The third-order valence-electron chi connectivity index (χ3n) is 5.00. The molecule has 132 valence electrons. The molecule has 0 bridgehead atoms. The van der Waals surface area contributed by atoms with E-state index < -0.39 is 0 Å². The normalized spacial score (nSPS) is 10.8. The Balaban J connectivity index is 1.74. The molecule has 4 aromatic rings. The quantitative estimate of drug-likeness (QED) is 0.357. The highest BCUT2D eigenvalue weighted by Gasteiger charge is 2.05. The lowest BCUT2D eigenvalue weighted by molar-refractivity contribution is 1.38. The molecule has 0 saturated heterocycles. The van der Waals surface area contributed by atoms with Gasteiger partial charge in [0.2, 0.25) is 0 Å². The molecule has 4 aromatic carbocycles. The largest absolute Gasteiger partial charge is 0.0610 e. The fraction of sp³-hybridized carbons (Fsp3) is 0.111. The van der Waals surface area contributed by atoms with Crippen LogP contribution in [-0.4, -0.2) is 0 Å². The van der Waals surface area contributed by atoms with Gasteiger partial charge < -0.3 is 0 Å². The lowest BCUT2D eigenvalue weighted by Crippen LogP contribution is -1.85. The van der Waals surface area contributed by atoms with Crippen molar-refractivity contribution in [3.63, 3.8) is 0 Å². The summed E-state index contributed by atoms with van der Waals surface area (Å²) in [5.74, 6) is 0. The van der Waals surface area contributed by atoms with Crippen molar-refractivity contribution in [1.29, 1.82) is 0 Å². The molecule has 0 spiro atoms. The van der Waals surface area contributed by atoms with Crippen molar-refractivity contribution in [3.8, 4) is 33.4 Å². The molecule has 0 radical (unpaired) electrons. The molecule has 0 nitrogen and oxygen atoms in total. The summed E-state index contributed by atoms with van der Waals surface area (Å²) in [6.07, 6.45) is 0. The summed E-state index contributed by atoms with van der Waals surface area (Å²) in [6, 6.07) is 33.1. The molecular weight excluding hydrogens is 324 g/mol. The minimum Gasteiger partial charge on any atom is -0.0610 e. The molecule has 0 aliphatic carbocycles.